The van der Waals surface area contributed by atoms with E-state index in [1.807, 2.05) is 24.3 Å². The molecule has 1 aromatic carbocycles. The number of anilines is 1. The summed E-state index contributed by atoms with van der Waals surface area (Å²) in [6, 6.07) is 7.64. The normalized spacial score (nSPS) is 30.0. The Morgan fingerprint density at radius 3 is 2.74 bits per heavy atom. The van der Waals surface area contributed by atoms with Gasteiger partial charge in [-0.1, -0.05) is 24.6 Å². The van der Waals surface area contributed by atoms with E-state index in [4.69, 9.17) is 0 Å². The first-order chi connectivity index (χ1) is 9.04. The fourth-order valence-corrected chi connectivity index (χ4v) is 5.01. The average Bonchev–Trinajstić information content (AvgIpc) is 2.72. The first-order valence-electron chi connectivity index (χ1n) is 6.73. The van der Waals surface area contributed by atoms with Crippen molar-refractivity contribution >= 4 is 15.7 Å². The van der Waals surface area contributed by atoms with E-state index in [1.165, 1.54) is 6.26 Å². The zero-order chi connectivity index (χ0) is 13.6. The number of aliphatic hydroxyl groups is 1. The van der Waals surface area contributed by atoms with Crippen molar-refractivity contribution in [3.8, 4) is 0 Å². The van der Waals surface area contributed by atoms with Crippen LogP contribution in [0.25, 0.3) is 0 Å². The maximum Gasteiger partial charge on any atom is 0.232 e. The van der Waals surface area contributed by atoms with Gasteiger partial charge >= 0.3 is 0 Å². The highest BCUT2D eigenvalue weighted by molar-refractivity contribution is 7.92. The largest absolute Gasteiger partial charge is 0.396 e. The lowest BCUT2D eigenvalue weighted by Gasteiger charge is -2.37. The maximum atomic E-state index is 12.2. The Morgan fingerprint density at radius 1 is 1.32 bits per heavy atom. The lowest BCUT2D eigenvalue weighted by Crippen LogP contribution is -2.46. The third kappa shape index (κ3) is 1.96. The Morgan fingerprint density at radius 2 is 2.05 bits per heavy atom. The maximum absolute atomic E-state index is 12.2. The molecule has 104 valence electrons. The molecule has 4 nitrogen and oxygen atoms in total. The number of para-hydroxylation sites is 1. The van der Waals surface area contributed by atoms with E-state index in [0.717, 1.165) is 30.5 Å². The lowest BCUT2D eigenvalue weighted by molar-refractivity contribution is 0.165. The number of benzene rings is 1. The summed E-state index contributed by atoms with van der Waals surface area (Å²) in [6.45, 7) is 0.0567. The van der Waals surface area contributed by atoms with E-state index in [0.29, 0.717) is 0 Å². The number of fused-ring (bicyclic) bond motifs is 3. The molecule has 1 fully saturated rings. The molecule has 3 atom stereocenters. The molecule has 1 aromatic rings. The van der Waals surface area contributed by atoms with Crippen LogP contribution in [0.5, 0.6) is 0 Å². The molecule has 0 bridgehead atoms. The van der Waals surface area contributed by atoms with Crippen LogP contribution in [0.2, 0.25) is 0 Å². The Balaban J connectivity index is 2.15. The Hall–Kier alpha value is -1.07. The molecule has 0 spiro atoms. The summed E-state index contributed by atoms with van der Waals surface area (Å²) in [4.78, 5) is 0. The van der Waals surface area contributed by atoms with Crippen molar-refractivity contribution in [3.05, 3.63) is 29.8 Å². The predicted octanol–water partition coefficient (Wildman–Crippen LogP) is 1.71. The molecule has 0 amide bonds. The van der Waals surface area contributed by atoms with E-state index < -0.39 is 10.0 Å². The van der Waals surface area contributed by atoms with Gasteiger partial charge in [-0.05, 0) is 24.5 Å². The summed E-state index contributed by atoms with van der Waals surface area (Å²) in [5.41, 5.74) is 1.93. The number of aliphatic hydroxyl groups excluding tert-OH is 1. The molecular formula is C14H19NO3S. The molecule has 5 heteroatoms. The van der Waals surface area contributed by atoms with Crippen molar-refractivity contribution in [2.75, 3.05) is 17.2 Å². The van der Waals surface area contributed by atoms with Crippen molar-refractivity contribution in [1.29, 1.82) is 0 Å². The number of hydrogen-bond donors (Lipinski definition) is 1. The van der Waals surface area contributed by atoms with Crippen molar-refractivity contribution < 1.29 is 13.5 Å². The summed E-state index contributed by atoms with van der Waals surface area (Å²) in [7, 11) is -3.31. The highest BCUT2D eigenvalue weighted by atomic mass is 32.2. The third-order valence-corrected chi connectivity index (χ3v) is 5.58. The van der Waals surface area contributed by atoms with E-state index in [9.17, 15) is 13.5 Å². The van der Waals surface area contributed by atoms with Crippen molar-refractivity contribution in [2.45, 2.75) is 31.2 Å². The average molecular weight is 281 g/mol. The van der Waals surface area contributed by atoms with Crippen LogP contribution >= 0.6 is 0 Å². The van der Waals surface area contributed by atoms with Gasteiger partial charge in [0.05, 0.1) is 18.0 Å². The molecule has 1 saturated carbocycles. The fraction of sp³-hybridized carbons (Fsp3) is 0.571. The fourth-order valence-electron chi connectivity index (χ4n) is 3.73. The van der Waals surface area contributed by atoms with Gasteiger partial charge in [-0.25, -0.2) is 8.42 Å². The molecule has 0 unspecified atom stereocenters. The Labute approximate surface area is 114 Å². The minimum absolute atomic E-state index is 0.0425. The van der Waals surface area contributed by atoms with Gasteiger partial charge in [0, 0.05) is 18.4 Å². The van der Waals surface area contributed by atoms with Gasteiger partial charge in [0.2, 0.25) is 10.0 Å². The van der Waals surface area contributed by atoms with E-state index in [-0.39, 0.29) is 24.5 Å². The molecule has 0 radical (unpaired) electrons. The van der Waals surface area contributed by atoms with Crippen LogP contribution in [0, 0.1) is 5.92 Å². The predicted molar refractivity (Wildman–Crippen MR) is 74.7 cm³/mol. The van der Waals surface area contributed by atoms with Crippen LogP contribution in [0.3, 0.4) is 0 Å². The highest BCUT2D eigenvalue weighted by Gasteiger charge is 2.47. The zero-order valence-corrected chi connectivity index (χ0v) is 11.8. The summed E-state index contributed by atoms with van der Waals surface area (Å²) < 4.78 is 25.9. The molecule has 1 aliphatic carbocycles. The molecular weight excluding hydrogens is 262 g/mol. The van der Waals surface area contributed by atoms with Crippen LogP contribution in [-0.2, 0) is 10.0 Å². The SMILES string of the molecule is CS(=O)(=O)N1c2ccccc2[C@@H]2CCC[C@@H](CO)[C@@H]21. The summed E-state index contributed by atoms with van der Waals surface area (Å²) in [5, 5.41) is 9.58. The van der Waals surface area contributed by atoms with E-state index in [1.54, 1.807) is 4.31 Å². The Kier molecular flexibility index (Phi) is 3.06. The second-order valence-corrected chi connectivity index (χ2v) is 7.45. The topological polar surface area (TPSA) is 57.6 Å². The first kappa shape index (κ1) is 12.9. The summed E-state index contributed by atoms with van der Waals surface area (Å²) >= 11 is 0. The van der Waals surface area contributed by atoms with Crippen LogP contribution in [0.4, 0.5) is 5.69 Å². The quantitative estimate of drug-likeness (QED) is 0.898. The monoisotopic (exact) mass is 281 g/mol. The number of nitrogens with zero attached hydrogens (tertiary/aromatic N) is 1. The molecule has 1 N–H and O–H groups in total. The molecule has 3 rings (SSSR count). The summed E-state index contributed by atoms with van der Waals surface area (Å²) in [5.74, 6) is 0.276. The second kappa shape index (κ2) is 4.49. The van der Waals surface area contributed by atoms with Crippen LogP contribution in [0.15, 0.2) is 24.3 Å². The molecule has 0 saturated heterocycles. The van der Waals surface area contributed by atoms with Crippen molar-refractivity contribution in [1.82, 2.24) is 0 Å². The van der Waals surface area contributed by atoms with Gasteiger partial charge in [0.15, 0.2) is 0 Å². The van der Waals surface area contributed by atoms with Gasteiger partial charge in [0.25, 0.3) is 0 Å². The number of hydrogen-bond acceptors (Lipinski definition) is 3. The van der Waals surface area contributed by atoms with Gasteiger partial charge in [-0.15, -0.1) is 0 Å². The van der Waals surface area contributed by atoms with Gasteiger partial charge < -0.3 is 5.11 Å². The highest BCUT2D eigenvalue weighted by Crippen LogP contribution is 2.50. The van der Waals surface area contributed by atoms with Gasteiger partial charge in [-0.3, -0.25) is 4.31 Å². The number of sulfonamides is 1. The molecule has 1 aliphatic heterocycles. The van der Waals surface area contributed by atoms with Crippen molar-refractivity contribution in [2.24, 2.45) is 5.92 Å². The van der Waals surface area contributed by atoms with Crippen LogP contribution in [-0.4, -0.2) is 32.4 Å². The van der Waals surface area contributed by atoms with Crippen LogP contribution < -0.4 is 4.31 Å². The minimum atomic E-state index is -3.31. The smallest absolute Gasteiger partial charge is 0.232 e. The molecule has 0 aromatic heterocycles. The molecule has 2 aliphatic rings. The third-order valence-electron chi connectivity index (χ3n) is 4.42. The van der Waals surface area contributed by atoms with Gasteiger partial charge in [0.1, 0.15) is 0 Å². The minimum Gasteiger partial charge on any atom is -0.396 e. The zero-order valence-electron chi connectivity index (χ0n) is 11.0. The van der Waals surface area contributed by atoms with E-state index >= 15 is 0 Å². The van der Waals surface area contributed by atoms with E-state index in [2.05, 4.69) is 0 Å². The first-order valence-corrected chi connectivity index (χ1v) is 8.58. The van der Waals surface area contributed by atoms with Crippen LogP contribution in [0.1, 0.15) is 30.7 Å². The summed E-state index contributed by atoms with van der Waals surface area (Å²) in [6.07, 6.45) is 4.22. The van der Waals surface area contributed by atoms with Gasteiger partial charge in [-0.2, -0.15) is 0 Å². The van der Waals surface area contributed by atoms with Crippen molar-refractivity contribution in [3.63, 3.8) is 0 Å². The molecule has 1 heterocycles. The number of rotatable bonds is 2. The molecule has 19 heavy (non-hydrogen) atoms. The second-order valence-electron chi connectivity index (χ2n) is 5.59. The standard InChI is InChI=1S/C14H19NO3S/c1-19(17,18)15-13-8-3-2-6-11(13)12-7-4-5-10(9-16)14(12)15/h2-3,6,8,10,12,14,16H,4-5,7,9H2,1H3/t10-,12-,14-/m0/s1. The lowest BCUT2D eigenvalue weighted by atomic mass is 9.76. The Bertz CT molecular complexity index is 584.